The van der Waals surface area contributed by atoms with Gasteiger partial charge in [-0.2, -0.15) is 0 Å². The number of benzene rings is 1. The minimum atomic E-state index is 0.0911. The van der Waals surface area contributed by atoms with E-state index in [4.69, 9.17) is 0 Å². The van der Waals surface area contributed by atoms with Gasteiger partial charge in [-0.25, -0.2) is 0 Å². The summed E-state index contributed by atoms with van der Waals surface area (Å²) in [7, 11) is 0. The van der Waals surface area contributed by atoms with Gasteiger partial charge in [-0.3, -0.25) is 4.79 Å². The average Bonchev–Trinajstić information content (AvgIpc) is 2.90. The maximum absolute atomic E-state index is 12.9. The number of rotatable bonds is 3. The molecule has 3 atom stereocenters. The number of carbonyl (C=O) groups excluding carboxylic acids is 1. The van der Waals surface area contributed by atoms with E-state index in [0.717, 1.165) is 25.1 Å². The monoisotopic (exact) mass is 257 g/mol. The van der Waals surface area contributed by atoms with Crippen LogP contribution in [-0.4, -0.2) is 12.3 Å². The van der Waals surface area contributed by atoms with Gasteiger partial charge in [0.2, 0.25) is 0 Å². The highest BCUT2D eigenvalue weighted by molar-refractivity contribution is 5.91. The van der Waals surface area contributed by atoms with Crippen LogP contribution in [0.15, 0.2) is 24.3 Å². The minimum Gasteiger partial charge on any atom is -0.384 e. The fourth-order valence-corrected chi connectivity index (χ4v) is 3.87. The van der Waals surface area contributed by atoms with Crippen LogP contribution in [0.5, 0.6) is 0 Å². The number of hydrogen-bond acceptors (Lipinski definition) is 2. The predicted octanol–water partition coefficient (Wildman–Crippen LogP) is 3.98. The lowest BCUT2D eigenvalue weighted by molar-refractivity contribution is -0.126. The summed E-state index contributed by atoms with van der Waals surface area (Å²) in [5.41, 5.74) is 2.37. The van der Waals surface area contributed by atoms with E-state index in [9.17, 15) is 4.79 Å². The zero-order valence-corrected chi connectivity index (χ0v) is 11.7. The number of anilines is 1. The van der Waals surface area contributed by atoms with Gasteiger partial charge in [0.05, 0.1) is 5.92 Å². The van der Waals surface area contributed by atoms with Crippen LogP contribution in [0.25, 0.3) is 0 Å². The van der Waals surface area contributed by atoms with E-state index in [0.29, 0.717) is 17.6 Å². The number of ketones is 1. The molecular formula is C17H23NO. The quantitative estimate of drug-likeness (QED) is 0.887. The second-order valence-electron chi connectivity index (χ2n) is 5.98. The molecule has 1 aliphatic carbocycles. The summed E-state index contributed by atoms with van der Waals surface area (Å²) in [6.07, 6.45) is 6.04. The largest absolute Gasteiger partial charge is 0.384 e. The summed E-state index contributed by atoms with van der Waals surface area (Å²) in [5.74, 6) is 1.50. The topological polar surface area (TPSA) is 29.1 Å². The van der Waals surface area contributed by atoms with Gasteiger partial charge in [-0.15, -0.1) is 0 Å². The van der Waals surface area contributed by atoms with Gasteiger partial charge in [-0.05, 0) is 30.4 Å². The first kappa shape index (κ1) is 12.7. The van der Waals surface area contributed by atoms with E-state index >= 15 is 0 Å². The highest BCUT2D eigenvalue weighted by atomic mass is 16.1. The van der Waals surface area contributed by atoms with Crippen LogP contribution < -0.4 is 5.32 Å². The molecule has 102 valence electrons. The number of carbonyl (C=O) groups is 1. The molecule has 2 aliphatic rings. The van der Waals surface area contributed by atoms with Gasteiger partial charge in [0.15, 0.2) is 0 Å². The van der Waals surface area contributed by atoms with Crippen LogP contribution in [0.2, 0.25) is 0 Å². The molecule has 3 rings (SSSR count). The van der Waals surface area contributed by atoms with E-state index in [1.165, 1.54) is 24.8 Å². The van der Waals surface area contributed by atoms with E-state index in [2.05, 4.69) is 24.4 Å². The molecule has 1 aromatic rings. The Morgan fingerprint density at radius 3 is 2.89 bits per heavy atom. The maximum Gasteiger partial charge on any atom is 0.145 e. The second-order valence-corrected chi connectivity index (χ2v) is 5.98. The van der Waals surface area contributed by atoms with Crippen LogP contribution in [0.3, 0.4) is 0 Å². The van der Waals surface area contributed by atoms with Crippen LogP contribution in [0.1, 0.15) is 50.5 Å². The van der Waals surface area contributed by atoms with Crippen LogP contribution in [-0.2, 0) is 4.79 Å². The molecule has 19 heavy (non-hydrogen) atoms. The summed E-state index contributed by atoms with van der Waals surface area (Å²) in [5, 5.41) is 3.38. The van der Waals surface area contributed by atoms with E-state index in [-0.39, 0.29) is 5.92 Å². The first-order valence-corrected chi connectivity index (χ1v) is 7.67. The highest BCUT2D eigenvalue weighted by Crippen LogP contribution is 2.39. The van der Waals surface area contributed by atoms with Gasteiger partial charge in [0.25, 0.3) is 0 Å². The third-order valence-electron chi connectivity index (χ3n) is 4.98. The normalized spacial score (nSPS) is 29.6. The third kappa shape index (κ3) is 2.29. The number of fused-ring (bicyclic) bond motifs is 1. The molecule has 0 spiro atoms. The Balaban J connectivity index is 1.81. The van der Waals surface area contributed by atoms with Crippen molar-refractivity contribution in [3.63, 3.8) is 0 Å². The molecule has 1 aliphatic heterocycles. The summed E-state index contributed by atoms with van der Waals surface area (Å²) in [4.78, 5) is 12.9. The van der Waals surface area contributed by atoms with Crippen molar-refractivity contribution in [3.8, 4) is 0 Å². The third-order valence-corrected chi connectivity index (χ3v) is 4.98. The Hall–Kier alpha value is -1.31. The molecule has 0 aromatic heterocycles. The molecule has 0 saturated heterocycles. The second kappa shape index (κ2) is 5.36. The molecular weight excluding hydrogens is 234 g/mol. The molecule has 1 heterocycles. The van der Waals surface area contributed by atoms with Crippen LogP contribution >= 0.6 is 0 Å². The molecule has 0 radical (unpaired) electrons. The van der Waals surface area contributed by atoms with E-state index in [1.807, 2.05) is 12.1 Å². The molecule has 1 saturated carbocycles. The molecule has 2 heteroatoms. The fourth-order valence-electron chi connectivity index (χ4n) is 3.87. The van der Waals surface area contributed by atoms with Crippen molar-refractivity contribution in [2.24, 2.45) is 11.8 Å². The zero-order valence-electron chi connectivity index (χ0n) is 11.7. The zero-order chi connectivity index (χ0) is 13.2. The smallest absolute Gasteiger partial charge is 0.145 e. The average molecular weight is 257 g/mol. The number of Topliss-reactive ketones (excluding diaryl/α,β-unsaturated/α-hetero) is 1. The van der Waals surface area contributed by atoms with Crippen molar-refractivity contribution in [1.29, 1.82) is 0 Å². The summed E-state index contributed by atoms with van der Waals surface area (Å²) >= 11 is 0. The standard InChI is InChI=1S/C17H23NO/c1-2-12-7-3-4-8-13(12)17(19)15-11-18-16-10-6-5-9-14(15)16/h5-6,9-10,12-13,15,18H,2-4,7-8,11H2,1H3. The Bertz CT molecular complexity index is 468. The van der Waals surface area contributed by atoms with Gasteiger partial charge in [-0.1, -0.05) is 44.4 Å². The lowest BCUT2D eigenvalue weighted by Gasteiger charge is -2.31. The van der Waals surface area contributed by atoms with Crippen molar-refractivity contribution in [3.05, 3.63) is 29.8 Å². The van der Waals surface area contributed by atoms with E-state index < -0.39 is 0 Å². The molecule has 1 fully saturated rings. The fraction of sp³-hybridized carbons (Fsp3) is 0.588. The molecule has 2 nitrogen and oxygen atoms in total. The first-order valence-electron chi connectivity index (χ1n) is 7.67. The summed E-state index contributed by atoms with van der Waals surface area (Å²) in [6, 6.07) is 8.28. The number of nitrogens with one attached hydrogen (secondary N) is 1. The van der Waals surface area contributed by atoms with Crippen LogP contribution in [0, 0.1) is 11.8 Å². The van der Waals surface area contributed by atoms with Crippen LogP contribution in [0.4, 0.5) is 5.69 Å². The molecule has 0 amide bonds. The SMILES string of the molecule is CCC1CCCCC1C(=O)C1CNc2ccccc21. The first-order chi connectivity index (χ1) is 9.31. The molecule has 0 bridgehead atoms. The lowest BCUT2D eigenvalue weighted by Crippen LogP contribution is -2.31. The van der Waals surface area contributed by atoms with Gasteiger partial charge < -0.3 is 5.32 Å². The van der Waals surface area contributed by atoms with Crippen molar-refractivity contribution in [1.82, 2.24) is 0 Å². The Kier molecular flexibility index (Phi) is 3.58. The van der Waals surface area contributed by atoms with Crippen molar-refractivity contribution >= 4 is 11.5 Å². The lowest BCUT2D eigenvalue weighted by atomic mass is 9.72. The summed E-state index contributed by atoms with van der Waals surface area (Å²) in [6.45, 7) is 3.03. The van der Waals surface area contributed by atoms with E-state index in [1.54, 1.807) is 0 Å². The number of para-hydroxylation sites is 1. The summed E-state index contributed by atoms with van der Waals surface area (Å²) < 4.78 is 0. The Morgan fingerprint density at radius 2 is 2.05 bits per heavy atom. The van der Waals surface area contributed by atoms with Crippen molar-refractivity contribution in [2.45, 2.75) is 44.9 Å². The molecule has 1 N–H and O–H groups in total. The maximum atomic E-state index is 12.9. The number of hydrogen-bond donors (Lipinski definition) is 1. The van der Waals surface area contributed by atoms with Gasteiger partial charge >= 0.3 is 0 Å². The molecule has 1 aromatic carbocycles. The predicted molar refractivity (Wildman–Crippen MR) is 78.4 cm³/mol. The van der Waals surface area contributed by atoms with Gasteiger partial charge in [0.1, 0.15) is 5.78 Å². The van der Waals surface area contributed by atoms with Gasteiger partial charge in [0, 0.05) is 18.2 Å². The Labute approximate surface area is 115 Å². The van der Waals surface area contributed by atoms with Crippen molar-refractivity contribution < 1.29 is 4.79 Å². The molecule has 3 unspecified atom stereocenters. The minimum absolute atomic E-state index is 0.0911. The Morgan fingerprint density at radius 1 is 1.26 bits per heavy atom. The highest BCUT2D eigenvalue weighted by Gasteiger charge is 2.37. The van der Waals surface area contributed by atoms with Crippen molar-refractivity contribution in [2.75, 3.05) is 11.9 Å².